The van der Waals surface area contributed by atoms with Crippen LogP contribution in [0.3, 0.4) is 0 Å². The Kier molecular flexibility index (Phi) is 6.54. The van der Waals surface area contributed by atoms with Crippen LogP contribution in [0, 0.1) is 11.8 Å². The molecule has 0 aliphatic heterocycles. The SMILES string of the molecule is CN(C)Cc1cc(C(C)(C)C)c(O)c2c1C[C@H]1C[C@H]3[C@H](N(C)C)C(O)=C(C(N)=O)C(=O)[C@@]3(O)C(O)=C1C2=O. The van der Waals surface area contributed by atoms with Gasteiger partial charge in [-0.1, -0.05) is 20.8 Å². The lowest BCUT2D eigenvalue weighted by molar-refractivity contribution is -0.148. The Morgan fingerprint density at radius 3 is 2.24 bits per heavy atom. The molecule has 3 aliphatic carbocycles. The molecule has 10 heteroatoms. The average Bonchev–Trinajstić information content (AvgIpc) is 2.76. The van der Waals surface area contributed by atoms with E-state index in [1.54, 1.807) is 14.1 Å². The number of primary amides is 1. The summed E-state index contributed by atoms with van der Waals surface area (Å²) in [6, 6.07) is 0.897. The molecule has 0 heterocycles. The highest BCUT2D eigenvalue weighted by Gasteiger charge is 2.63. The van der Waals surface area contributed by atoms with Crippen molar-refractivity contribution in [1.82, 2.24) is 9.80 Å². The van der Waals surface area contributed by atoms with E-state index < -0.39 is 63.5 Å². The summed E-state index contributed by atoms with van der Waals surface area (Å²) < 4.78 is 0. The van der Waals surface area contributed by atoms with Crippen LogP contribution in [0.4, 0.5) is 0 Å². The summed E-state index contributed by atoms with van der Waals surface area (Å²) in [6.45, 7) is 6.26. The Labute approximate surface area is 222 Å². The lowest BCUT2D eigenvalue weighted by Gasteiger charge is -2.50. The van der Waals surface area contributed by atoms with Crippen LogP contribution in [0.5, 0.6) is 5.75 Å². The molecule has 1 aromatic carbocycles. The molecule has 0 saturated heterocycles. The zero-order valence-corrected chi connectivity index (χ0v) is 22.9. The number of fused-ring (bicyclic) bond motifs is 3. The monoisotopic (exact) mass is 527 g/mol. The van der Waals surface area contributed by atoms with E-state index in [1.807, 2.05) is 45.8 Å². The number of rotatable bonds is 4. The Bertz CT molecular complexity index is 1320. The topological polar surface area (TPSA) is 165 Å². The first-order valence-corrected chi connectivity index (χ1v) is 12.6. The van der Waals surface area contributed by atoms with Crippen LogP contribution in [0.2, 0.25) is 0 Å². The number of hydrogen-bond donors (Lipinski definition) is 5. The number of aromatic hydroxyl groups is 1. The zero-order chi connectivity index (χ0) is 28.6. The van der Waals surface area contributed by atoms with Gasteiger partial charge in [-0.2, -0.15) is 0 Å². The second-order valence-electron chi connectivity index (χ2n) is 12.2. The molecule has 6 N–H and O–H groups in total. The van der Waals surface area contributed by atoms with Crippen LogP contribution < -0.4 is 5.73 Å². The van der Waals surface area contributed by atoms with Gasteiger partial charge < -0.3 is 31.1 Å². The number of carbonyl (C=O) groups is 3. The van der Waals surface area contributed by atoms with Crippen LogP contribution in [0.25, 0.3) is 0 Å². The lowest BCUT2D eigenvalue weighted by Crippen LogP contribution is -2.63. The fraction of sp³-hybridized carbons (Fsp3) is 0.536. The molecule has 4 rings (SSSR count). The first-order valence-electron chi connectivity index (χ1n) is 12.6. The van der Waals surface area contributed by atoms with Crippen molar-refractivity contribution in [3.05, 3.63) is 51.0 Å². The summed E-state index contributed by atoms with van der Waals surface area (Å²) >= 11 is 0. The van der Waals surface area contributed by atoms with Crippen molar-refractivity contribution >= 4 is 17.5 Å². The lowest BCUT2D eigenvalue weighted by atomic mass is 9.58. The maximum absolute atomic E-state index is 14.0. The molecule has 0 fully saturated rings. The third-order valence-electron chi connectivity index (χ3n) is 8.11. The van der Waals surface area contributed by atoms with E-state index in [4.69, 9.17) is 5.73 Å². The van der Waals surface area contributed by atoms with Gasteiger partial charge in [0.2, 0.25) is 5.78 Å². The van der Waals surface area contributed by atoms with Crippen molar-refractivity contribution in [2.75, 3.05) is 28.2 Å². The molecule has 0 saturated carbocycles. The fourth-order valence-corrected chi connectivity index (χ4v) is 6.45. The number of Topliss-reactive ketones (excluding diaryl/α,β-unsaturated/α-hetero) is 2. The molecule has 0 unspecified atom stereocenters. The molecule has 1 amide bonds. The highest BCUT2D eigenvalue weighted by atomic mass is 16.3. The molecule has 0 spiro atoms. The van der Waals surface area contributed by atoms with E-state index in [-0.39, 0.29) is 29.7 Å². The molecule has 206 valence electrons. The third-order valence-corrected chi connectivity index (χ3v) is 8.11. The number of nitrogens with zero attached hydrogens (tertiary/aromatic N) is 2. The second-order valence-corrected chi connectivity index (χ2v) is 12.2. The first-order chi connectivity index (χ1) is 17.4. The minimum atomic E-state index is -2.64. The number of likely N-dealkylation sites (N-methyl/N-ethyl adjacent to an activating group) is 1. The van der Waals surface area contributed by atoms with E-state index in [2.05, 4.69) is 0 Å². The molecule has 0 bridgehead atoms. The van der Waals surface area contributed by atoms with Gasteiger partial charge in [0.25, 0.3) is 5.91 Å². The molecule has 10 nitrogen and oxygen atoms in total. The van der Waals surface area contributed by atoms with E-state index >= 15 is 0 Å². The van der Waals surface area contributed by atoms with Gasteiger partial charge in [0, 0.05) is 23.6 Å². The number of nitrogens with two attached hydrogens (primary N) is 1. The quantitative estimate of drug-likeness (QED) is 0.365. The van der Waals surface area contributed by atoms with Gasteiger partial charge in [0.1, 0.15) is 22.8 Å². The number of allylic oxidation sites excluding steroid dienone is 1. The number of hydrogen-bond acceptors (Lipinski definition) is 9. The number of aliphatic hydroxyl groups excluding tert-OH is 2. The smallest absolute Gasteiger partial charge is 0.255 e. The van der Waals surface area contributed by atoms with Gasteiger partial charge in [-0.15, -0.1) is 0 Å². The van der Waals surface area contributed by atoms with Crippen LogP contribution in [-0.2, 0) is 28.0 Å². The summed E-state index contributed by atoms with van der Waals surface area (Å²) in [4.78, 5) is 43.1. The number of carbonyl (C=O) groups excluding carboxylic acids is 3. The normalized spacial score (nSPS) is 27.6. The summed E-state index contributed by atoms with van der Waals surface area (Å²) in [6.07, 6.45) is 0.338. The molecular weight excluding hydrogens is 490 g/mol. The summed E-state index contributed by atoms with van der Waals surface area (Å²) in [7, 11) is 7.02. The van der Waals surface area contributed by atoms with E-state index in [9.17, 15) is 34.8 Å². The van der Waals surface area contributed by atoms with Gasteiger partial charge in [0.05, 0.1) is 11.6 Å². The van der Waals surface area contributed by atoms with Crippen LogP contribution in [-0.4, -0.2) is 87.5 Å². The third kappa shape index (κ3) is 3.85. The van der Waals surface area contributed by atoms with Gasteiger partial charge in [-0.25, -0.2) is 0 Å². The number of aliphatic hydroxyl groups is 3. The van der Waals surface area contributed by atoms with E-state index in [0.717, 1.165) is 5.56 Å². The summed E-state index contributed by atoms with van der Waals surface area (Å²) in [5.41, 5.74) is 3.41. The van der Waals surface area contributed by atoms with E-state index in [1.165, 1.54) is 4.90 Å². The summed E-state index contributed by atoms with van der Waals surface area (Å²) in [5.74, 6) is -6.42. The van der Waals surface area contributed by atoms with Crippen LogP contribution in [0.1, 0.15) is 54.2 Å². The van der Waals surface area contributed by atoms with Crippen LogP contribution in [0.15, 0.2) is 28.7 Å². The molecule has 3 aliphatic rings. The number of benzene rings is 1. The molecule has 4 atom stereocenters. The maximum Gasteiger partial charge on any atom is 0.255 e. The Balaban J connectivity index is 2.00. The average molecular weight is 528 g/mol. The number of phenolic OH excluding ortho intramolecular Hbond substituents is 1. The summed E-state index contributed by atoms with van der Waals surface area (Å²) in [5, 5.41) is 45.4. The standard InChI is InChI=1S/C28H37N3O7/c1-27(2,3)16-10-13(11-30(4)5)14-8-12-9-15-20(31(6)7)23(34)19(26(29)37)25(36)28(15,38)24(35)17(12)22(33)18(14)21(16)32/h10,12,15,20,32,34-35,38H,8-9,11H2,1-7H3,(H2,29,37)/t12-,15-,20-,28-/m0/s1. The molecule has 1 aromatic rings. The van der Waals surface area contributed by atoms with Crippen molar-refractivity contribution in [3.63, 3.8) is 0 Å². The van der Waals surface area contributed by atoms with Gasteiger partial charge in [-0.3, -0.25) is 19.3 Å². The highest BCUT2D eigenvalue weighted by Crippen LogP contribution is 2.53. The predicted molar refractivity (Wildman–Crippen MR) is 140 cm³/mol. The Morgan fingerprint density at radius 1 is 1.13 bits per heavy atom. The van der Waals surface area contributed by atoms with E-state index in [0.29, 0.717) is 17.7 Å². The number of phenols is 1. The van der Waals surface area contributed by atoms with Crippen molar-refractivity contribution < 1.29 is 34.8 Å². The number of amides is 1. The maximum atomic E-state index is 14.0. The Hall–Kier alpha value is -3.21. The first kappa shape index (κ1) is 27.8. The van der Waals surface area contributed by atoms with Gasteiger partial charge >= 0.3 is 0 Å². The minimum absolute atomic E-state index is 0.0510. The Morgan fingerprint density at radius 2 is 1.74 bits per heavy atom. The van der Waals surface area contributed by atoms with Crippen molar-refractivity contribution in [3.8, 4) is 5.75 Å². The van der Waals surface area contributed by atoms with Crippen molar-refractivity contribution in [2.24, 2.45) is 17.6 Å². The van der Waals surface area contributed by atoms with Crippen molar-refractivity contribution in [2.45, 2.75) is 57.2 Å². The largest absolute Gasteiger partial charge is 0.510 e. The predicted octanol–water partition coefficient (Wildman–Crippen LogP) is 1.48. The van der Waals surface area contributed by atoms with Gasteiger partial charge in [0.15, 0.2) is 11.4 Å². The molecule has 38 heavy (non-hydrogen) atoms. The van der Waals surface area contributed by atoms with Gasteiger partial charge in [-0.05, 0) is 69.6 Å². The molecule has 0 radical (unpaired) electrons. The molecule has 0 aromatic heterocycles. The second kappa shape index (κ2) is 8.93. The fourth-order valence-electron chi connectivity index (χ4n) is 6.45. The number of ketones is 2. The molecular formula is C28H37N3O7. The van der Waals surface area contributed by atoms with Crippen LogP contribution >= 0.6 is 0 Å². The highest BCUT2D eigenvalue weighted by molar-refractivity contribution is 6.24. The minimum Gasteiger partial charge on any atom is -0.510 e. The van der Waals surface area contributed by atoms with Crippen molar-refractivity contribution in [1.29, 1.82) is 0 Å². The zero-order valence-electron chi connectivity index (χ0n) is 22.9.